The second-order valence-corrected chi connectivity index (χ2v) is 12.1. The van der Waals surface area contributed by atoms with Crippen LogP contribution in [-0.4, -0.2) is 12.2 Å². The summed E-state index contributed by atoms with van der Waals surface area (Å²) in [6.45, 7) is 13.2. The van der Waals surface area contributed by atoms with E-state index in [0.29, 0.717) is 5.75 Å². The third kappa shape index (κ3) is 3.99. The van der Waals surface area contributed by atoms with Gasteiger partial charge in [0.2, 0.25) is 0 Å². The van der Waals surface area contributed by atoms with Gasteiger partial charge in [0.25, 0.3) is 0 Å². The Morgan fingerprint density at radius 1 is 0.611 bits per heavy atom. The lowest BCUT2D eigenvalue weighted by atomic mass is 9.75. The molecule has 0 unspecified atom stereocenters. The Morgan fingerprint density at radius 2 is 1.11 bits per heavy atom. The molecular formula is C34H37NO. The van der Waals surface area contributed by atoms with Crippen LogP contribution in [0.3, 0.4) is 0 Å². The van der Waals surface area contributed by atoms with Crippen molar-refractivity contribution in [2.45, 2.75) is 58.3 Å². The van der Waals surface area contributed by atoms with Gasteiger partial charge in [-0.25, -0.2) is 0 Å². The molecule has 0 bridgehead atoms. The fourth-order valence-corrected chi connectivity index (χ4v) is 5.55. The number of para-hydroxylation sites is 2. The first-order valence-electron chi connectivity index (χ1n) is 12.9. The molecular weight excluding hydrogens is 438 g/mol. The summed E-state index contributed by atoms with van der Waals surface area (Å²) in [4.78, 5) is 2.29. The maximum Gasteiger partial charge on any atom is 0.127 e. The van der Waals surface area contributed by atoms with Gasteiger partial charge < -0.3 is 10.0 Å². The van der Waals surface area contributed by atoms with E-state index in [4.69, 9.17) is 0 Å². The van der Waals surface area contributed by atoms with Gasteiger partial charge in [0.15, 0.2) is 0 Å². The van der Waals surface area contributed by atoms with Crippen molar-refractivity contribution in [3.63, 3.8) is 0 Å². The standard InChI is InChI=1S/C34H37NO/c1-33(2,3)22-20-27(32(36)28(21-22)34(4,5)6)23-14-8-9-15-24(23)31-25-16-10-12-18-29(25)35(7)30-19-13-11-17-26(30)31/h8-21,31,36H,1-7H3. The molecule has 36 heavy (non-hydrogen) atoms. The summed E-state index contributed by atoms with van der Waals surface area (Å²) in [6.07, 6.45) is 0. The van der Waals surface area contributed by atoms with Crippen molar-refractivity contribution in [3.05, 3.63) is 113 Å². The first-order chi connectivity index (χ1) is 17.0. The molecule has 2 nitrogen and oxygen atoms in total. The predicted octanol–water partition coefficient (Wildman–Crippen LogP) is 8.92. The third-order valence-corrected chi connectivity index (χ3v) is 7.56. The Morgan fingerprint density at radius 3 is 1.64 bits per heavy atom. The number of phenolic OH excluding ortho intramolecular Hbond substituents is 1. The van der Waals surface area contributed by atoms with Gasteiger partial charge in [-0.1, -0.05) is 108 Å². The number of aromatic hydroxyl groups is 1. The number of rotatable bonds is 2. The van der Waals surface area contributed by atoms with Crippen LogP contribution in [0, 0.1) is 0 Å². The van der Waals surface area contributed by atoms with E-state index >= 15 is 0 Å². The molecule has 1 aliphatic rings. The van der Waals surface area contributed by atoms with E-state index in [0.717, 1.165) is 16.7 Å². The molecule has 0 aliphatic carbocycles. The second kappa shape index (κ2) is 8.55. The zero-order valence-electron chi connectivity index (χ0n) is 22.6. The van der Waals surface area contributed by atoms with Crippen LogP contribution < -0.4 is 4.90 Å². The molecule has 0 saturated heterocycles. The number of fused-ring (bicyclic) bond motifs is 2. The lowest BCUT2D eigenvalue weighted by Gasteiger charge is -2.36. The van der Waals surface area contributed by atoms with Crippen LogP contribution in [0.25, 0.3) is 11.1 Å². The fraction of sp³-hybridized carbons (Fsp3) is 0.294. The first-order valence-corrected chi connectivity index (χ1v) is 12.9. The minimum absolute atomic E-state index is 0.0376. The normalized spacial score (nSPS) is 13.9. The fourth-order valence-electron chi connectivity index (χ4n) is 5.55. The first kappa shape index (κ1) is 24.2. The van der Waals surface area contributed by atoms with Crippen molar-refractivity contribution in [2.75, 3.05) is 11.9 Å². The number of nitrogens with zero attached hydrogens (tertiary/aromatic N) is 1. The Labute approximate surface area is 216 Å². The van der Waals surface area contributed by atoms with Gasteiger partial charge in [-0.15, -0.1) is 0 Å². The van der Waals surface area contributed by atoms with E-state index in [-0.39, 0.29) is 16.7 Å². The van der Waals surface area contributed by atoms with Crippen molar-refractivity contribution < 1.29 is 5.11 Å². The second-order valence-electron chi connectivity index (χ2n) is 12.1. The molecule has 1 heterocycles. The van der Waals surface area contributed by atoms with Crippen molar-refractivity contribution in [3.8, 4) is 16.9 Å². The number of hydrogen-bond acceptors (Lipinski definition) is 2. The van der Waals surface area contributed by atoms with Crippen molar-refractivity contribution in [2.24, 2.45) is 0 Å². The summed E-state index contributed by atoms with van der Waals surface area (Å²) < 4.78 is 0. The van der Waals surface area contributed by atoms with Crippen LogP contribution in [0.15, 0.2) is 84.9 Å². The molecule has 4 aromatic carbocycles. The minimum atomic E-state index is -0.179. The van der Waals surface area contributed by atoms with Crippen molar-refractivity contribution >= 4 is 11.4 Å². The maximum atomic E-state index is 11.7. The molecule has 0 saturated carbocycles. The van der Waals surface area contributed by atoms with E-state index in [1.807, 2.05) is 0 Å². The van der Waals surface area contributed by atoms with E-state index in [1.54, 1.807) is 0 Å². The van der Waals surface area contributed by atoms with Gasteiger partial charge in [-0.05, 0) is 56.8 Å². The Balaban J connectivity index is 1.82. The SMILES string of the molecule is CN1c2ccccc2C(c2ccccc2-c2cc(C(C)(C)C)cc(C(C)(C)C)c2O)c2ccccc21. The van der Waals surface area contributed by atoms with Crippen LogP contribution in [-0.2, 0) is 10.8 Å². The molecule has 5 rings (SSSR count). The largest absolute Gasteiger partial charge is 0.507 e. The van der Waals surface area contributed by atoms with Crippen LogP contribution in [0.5, 0.6) is 5.75 Å². The average molecular weight is 476 g/mol. The Kier molecular flexibility index (Phi) is 5.75. The maximum absolute atomic E-state index is 11.7. The molecule has 0 spiro atoms. The van der Waals surface area contributed by atoms with Gasteiger partial charge in [-0.3, -0.25) is 0 Å². The van der Waals surface area contributed by atoms with E-state index in [9.17, 15) is 5.11 Å². The topological polar surface area (TPSA) is 23.5 Å². The zero-order valence-corrected chi connectivity index (χ0v) is 22.6. The van der Waals surface area contributed by atoms with Gasteiger partial charge in [0.05, 0.1) is 0 Å². The van der Waals surface area contributed by atoms with Crippen molar-refractivity contribution in [1.82, 2.24) is 0 Å². The Hall–Kier alpha value is -3.52. The molecule has 0 fully saturated rings. The zero-order chi connectivity index (χ0) is 25.8. The van der Waals surface area contributed by atoms with Gasteiger partial charge in [-0.2, -0.15) is 0 Å². The van der Waals surface area contributed by atoms with Gasteiger partial charge in [0.1, 0.15) is 5.75 Å². The number of benzene rings is 4. The van der Waals surface area contributed by atoms with Crippen LogP contribution in [0.2, 0.25) is 0 Å². The highest BCUT2D eigenvalue weighted by molar-refractivity contribution is 5.82. The molecule has 184 valence electrons. The molecule has 0 aromatic heterocycles. The average Bonchev–Trinajstić information content (AvgIpc) is 2.83. The van der Waals surface area contributed by atoms with E-state index < -0.39 is 0 Å². The monoisotopic (exact) mass is 475 g/mol. The lowest BCUT2D eigenvalue weighted by Crippen LogP contribution is -2.22. The summed E-state index contributed by atoms with van der Waals surface area (Å²) in [6, 6.07) is 30.4. The smallest absolute Gasteiger partial charge is 0.127 e. The number of phenols is 1. The van der Waals surface area contributed by atoms with Crippen LogP contribution >= 0.6 is 0 Å². The summed E-state index contributed by atoms with van der Waals surface area (Å²) in [5.74, 6) is 0.457. The summed E-state index contributed by atoms with van der Waals surface area (Å²) in [5, 5.41) is 11.7. The lowest BCUT2D eigenvalue weighted by molar-refractivity contribution is 0.446. The summed E-state index contributed by atoms with van der Waals surface area (Å²) in [5.41, 5.74) is 10.2. The quantitative estimate of drug-likeness (QED) is 0.313. The molecule has 2 heteroatoms. The number of hydrogen-bond donors (Lipinski definition) is 1. The minimum Gasteiger partial charge on any atom is -0.507 e. The molecule has 0 atom stereocenters. The molecule has 0 radical (unpaired) electrons. The van der Waals surface area contributed by atoms with E-state index in [1.165, 1.54) is 33.6 Å². The van der Waals surface area contributed by atoms with E-state index in [2.05, 4.69) is 138 Å². The highest BCUT2D eigenvalue weighted by Gasteiger charge is 2.32. The van der Waals surface area contributed by atoms with Crippen molar-refractivity contribution in [1.29, 1.82) is 0 Å². The Bertz CT molecular complexity index is 1390. The molecule has 1 N–H and O–H groups in total. The molecule has 0 amide bonds. The third-order valence-electron chi connectivity index (χ3n) is 7.56. The highest BCUT2D eigenvalue weighted by Crippen LogP contribution is 2.51. The van der Waals surface area contributed by atoms with Gasteiger partial charge in [0, 0.05) is 35.5 Å². The predicted molar refractivity (Wildman–Crippen MR) is 153 cm³/mol. The van der Waals surface area contributed by atoms with Crippen LogP contribution in [0.1, 0.15) is 75.3 Å². The summed E-state index contributed by atoms with van der Waals surface area (Å²) >= 11 is 0. The highest BCUT2D eigenvalue weighted by atomic mass is 16.3. The summed E-state index contributed by atoms with van der Waals surface area (Å²) in [7, 11) is 2.15. The van der Waals surface area contributed by atoms with Gasteiger partial charge >= 0.3 is 0 Å². The number of anilines is 2. The molecule has 4 aromatic rings. The molecule has 1 aliphatic heterocycles. The van der Waals surface area contributed by atoms with Crippen LogP contribution in [0.4, 0.5) is 11.4 Å².